The Kier molecular flexibility index (Phi) is 5.65. The van der Waals surface area contributed by atoms with Crippen LogP contribution in [0.1, 0.15) is 35.7 Å². The van der Waals surface area contributed by atoms with Gasteiger partial charge in [-0.1, -0.05) is 22.9 Å². The van der Waals surface area contributed by atoms with Gasteiger partial charge in [-0.25, -0.2) is 0 Å². The van der Waals surface area contributed by atoms with E-state index < -0.39 is 0 Å². The predicted octanol–water partition coefficient (Wildman–Crippen LogP) is 2.65. The highest BCUT2D eigenvalue weighted by Crippen LogP contribution is 2.17. The quantitative estimate of drug-likeness (QED) is 0.878. The Hall–Kier alpha value is -0.870. The predicted molar refractivity (Wildman–Crippen MR) is 72.1 cm³/mol. The first kappa shape index (κ1) is 14.2. The van der Waals surface area contributed by atoms with E-state index in [9.17, 15) is 4.79 Å². The van der Waals surface area contributed by atoms with Crippen molar-refractivity contribution in [1.82, 2.24) is 5.32 Å². The minimum Gasteiger partial charge on any atom is -0.396 e. The number of aliphatic hydroxyl groups is 1. The van der Waals surface area contributed by atoms with Gasteiger partial charge in [-0.05, 0) is 43.5 Å². The average Bonchev–Trinajstić information content (AvgIpc) is 2.31. The van der Waals surface area contributed by atoms with Crippen LogP contribution >= 0.6 is 15.9 Å². The van der Waals surface area contributed by atoms with Crippen LogP contribution in [0, 0.1) is 6.92 Å². The summed E-state index contributed by atoms with van der Waals surface area (Å²) in [6.07, 6.45) is 1.42. The molecule has 1 aromatic carbocycles. The van der Waals surface area contributed by atoms with E-state index in [2.05, 4.69) is 21.2 Å². The molecule has 0 aromatic heterocycles. The number of hydrogen-bond acceptors (Lipinski definition) is 2. The molecule has 1 aromatic rings. The zero-order valence-electron chi connectivity index (χ0n) is 10.2. The van der Waals surface area contributed by atoms with Crippen LogP contribution in [0.3, 0.4) is 0 Å². The largest absolute Gasteiger partial charge is 0.396 e. The van der Waals surface area contributed by atoms with Crippen LogP contribution in [0.25, 0.3) is 0 Å². The van der Waals surface area contributed by atoms with Crippen LogP contribution in [0.5, 0.6) is 0 Å². The Labute approximate surface area is 110 Å². The Balaban J connectivity index is 2.72. The van der Waals surface area contributed by atoms with Crippen LogP contribution in [-0.2, 0) is 0 Å². The molecule has 0 aliphatic heterocycles. The Morgan fingerprint density at radius 3 is 2.76 bits per heavy atom. The summed E-state index contributed by atoms with van der Waals surface area (Å²) < 4.78 is 0.997. The normalized spacial score (nSPS) is 12.2. The van der Waals surface area contributed by atoms with Crippen molar-refractivity contribution in [1.29, 1.82) is 0 Å². The Morgan fingerprint density at radius 1 is 1.53 bits per heavy atom. The third kappa shape index (κ3) is 4.13. The molecule has 4 heteroatoms. The average molecular weight is 300 g/mol. The van der Waals surface area contributed by atoms with E-state index in [1.807, 2.05) is 26.0 Å². The lowest BCUT2D eigenvalue weighted by atomic mass is 10.1. The monoisotopic (exact) mass is 299 g/mol. The number of benzene rings is 1. The minimum absolute atomic E-state index is 0.0384. The molecule has 1 unspecified atom stereocenters. The van der Waals surface area contributed by atoms with Crippen molar-refractivity contribution in [3.63, 3.8) is 0 Å². The summed E-state index contributed by atoms with van der Waals surface area (Å²) in [7, 11) is 0. The second-order valence-electron chi connectivity index (χ2n) is 4.05. The number of rotatable bonds is 5. The first-order valence-corrected chi connectivity index (χ1v) is 6.55. The number of aliphatic hydroxyl groups excluding tert-OH is 1. The van der Waals surface area contributed by atoms with Crippen molar-refractivity contribution in [3.05, 3.63) is 33.8 Å². The molecule has 1 amide bonds. The lowest BCUT2D eigenvalue weighted by molar-refractivity contribution is 0.0929. The lowest BCUT2D eigenvalue weighted by Gasteiger charge is -2.16. The molecule has 1 rings (SSSR count). The van der Waals surface area contributed by atoms with Crippen LogP contribution in [-0.4, -0.2) is 23.7 Å². The summed E-state index contributed by atoms with van der Waals surface area (Å²) in [5.41, 5.74) is 1.69. The van der Waals surface area contributed by atoms with Gasteiger partial charge in [-0.3, -0.25) is 4.79 Å². The minimum atomic E-state index is -0.0825. The molecule has 0 saturated carbocycles. The van der Waals surface area contributed by atoms with Gasteiger partial charge in [-0.2, -0.15) is 0 Å². The second-order valence-corrected chi connectivity index (χ2v) is 4.91. The molecule has 3 nitrogen and oxygen atoms in total. The molecular formula is C13H18BrNO2. The van der Waals surface area contributed by atoms with Crippen molar-refractivity contribution in [2.24, 2.45) is 0 Å². The number of aryl methyl sites for hydroxylation is 1. The molecule has 1 atom stereocenters. The van der Waals surface area contributed by atoms with Gasteiger partial charge in [-0.15, -0.1) is 0 Å². The molecule has 0 bridgehead atoms. The number of amides is 1. The molecular weight excluding hydrogens is 282 g/mol. The first-order valence-electron chi connectivity index (χ1n) is 5.76. The zero-order chi connectivity index (χ0) is 12.8. The number of hydrogen-bond donors (Lipinski definition) is 2. The van der Waals surface area contributed by atoms with Crippen LogP contribution in [0.4, 0.5) is 0 Å². The summed E-state index contributed by atoms with van der Waals surface area (Å²) in [5.74, 6) is -0.0825. The number of carbonyl (C=O) groups is 1. The maximum atomic E-state index is 11.9. The third-order valence-corrected chi connectivity index (χ3v) is 3.62. The molecule has 94 valence electrons. The summed E-state index contributed by atoms with van der Waals surface area (Å²) >= 11 is 3.40. The lowest BCUT2D eigenvalue weighted by Crippen LogP contribution is -2.35. The highest BCUT2D eigenvalue weighted by molar-refractivity contribution is 9.10. The molecule has 0 heterocycles. The maximum absolute atomic E-state index is 11.9. The van der Waals surface area contributed by atoms with Crippen LogP contribution in [0.2, 0.25) is 0 Å². The molecule has 2 N–H and O–H groups in total. The molecule has 0 spiro atoms. The number of carbonyl (C=O) groups excluding carboxylic acids is 1. The van der Waals surface area contributed by atoms with E-state index >= 15 is 0 Å². The smallest absolute Gasteiger partial charge is 0.251 e. The number of halogens is 1. The van der Waals surface area contributed by atoms with Gasteiger partial charge in [0, 0.05) is 22.7 Å². The summed E-state index contributed by atoms with van der Waals surface area (Å²) in [4.78, 5) is 11.9. The van der Waals surface area contributed by atoms with E-state index in [-0.39, 0.29) is 18.6 Å². The molecule has 17 heavy (non-hydrogen) atoms. The van der Waals surface area contributed by atoms with E-state index in [1.165, 1.54) is 0 Å². The molecule has 0 radical (unpaired) electrons. The van der Waals surface area contributed by atoms with Gasteiger partial charge >= 0.3 is 0 Å². The Bertz CT molecular complexity index is 393. The van der Waals surface area contributed by atoms with Gasteiger partial charge in [0.2, 0.25) is 0 Å². The first-order chi connectivity index (χ1) is 8.08. The van der Waals surface area contributed by atoms with E-state index in [0.29, 0.717) is 12.0 Å². The summed E-state index contributed by atoms with van der Waals surface area (Å²) in [6.45, 7) is 4.04. The van der Waals surface area contributed by atoms with Gasteiger partial charge in [0.05, 0.1) is 0 Å². The van der Waals surface area contributed by atoms with Crippen molar-refractivity contribution in [2.45, 2.75) is 32.7 Å². The molecule has 0 fully saturated rings. The highest BCUT2D eigenvalue weighted by Gasteiger charge is 2.12. The SMILES string of the molecule is CCC(CCO)NC(=O)c1ccc(Br)c(C)c1. The summed E-state index contributed by atoms with van der Waals surface area (Å²) in [5, 5.41) is 11.8. The van der Waals surface area contributed by atoms with Crippen LogP contribution < -0.4 is 5.32 Å². The van der Waals surface area contributed by atoms with Gasteiger partial charge in [0.25, 0.3) is 5.91 Å². The topological polar surface area (TPSA) is 49.3 Å². The van der Waals surface area contributed by atoms with Gasteiger partial charge < -0.3 is 10.4 Å². The highest BCUT2D eigenvalue weighted by atomic mass is 79.9. The van der Waals surface area contributed by atoms with E-state index in [1.54, 1.807) is 6.07 Å². The maximum Gasteiger partial charge on any atom is 0.251 e. The standard InChI is InChI=1S/C13H18BrNO2/c1-3-11(6-7-16)15-13(17)10-4-5-12(14)9(2)8-10/h4-5,8,11,16H,3,6-7H2,1-2H3,(H,15,17). The van der Waals surface area contributed by atoms with E-state index in [0.717, 1.165) is 16.5 Å². The summed E-state index contributed by atoms with van der Waals surface area (Å²) in [6, 6.07) is 5.55. The van der Waals surface area contributed by atoms with Crippen molar-refractivity contribution in [2.75, 3.05) is 6.61 Å². The van der Waals surface area contributed by atoms with E-state index in [4.69, 9.17) is 5.11 Å². The molecule has 0 aliphatic carbocycles. The van der Waals surface area contributed by atoms with Crippen molar-refractivity contribution < 1.29 is 9.90 Å². The van der Waals surface area contributed by atoms with Gasteiger partial charge in [0.1, 0.15) is 0 Å². The van der Waals surface area contributed by atoms with Crippen molar-refractivity contribution >= 4 is 21.8 Å². The fraction of sp³-hybridized carbons (Fsp3) is 0.462. The fourth-order valence-electron chi connectivity index (χ4n) is 1.59. The molecule has 0 aliphatic rings. The number of nitrogens with one attached hydrogen (secondary N) is 1. The second kappa shape index (κ2) is 6.77. The molecule has 0 saturated heterocycles. The third-order valence-electron chi connectivity index (χ3n) is 2.73. The van der Waals surface area contributed by atoms with Gasteiger partial charge in [0.15, 0.2) is 0 Å². The van der Waals surface area contributed by atoms with Crippen molar-refractivity contribution in [3.8, 4) is 0 Å². The fourth-order valence-corrected chi connectivity index (χ4v) is 1.84. The Morgan fingerprint density at radius 2 is 2.24 bits per heavy atom. The van der Waals surface area contributed by atoms with Crippen LogP contribution in [0.15, 0.2) is 22.7 Å². The zero-order valence-corrected chi connectivity index (χ0v) is 11.8.